The monoisotopic (exact) mass is 461 g/mol. The molecule has 1 heterocycles. The molecule has 1 fully saturated rings. The van der Waals surface area contributed by atoms with E-state index in [1.807, 2.05) is 0 Å². The highest BCUT2D eigenvalue weighted by atomic mass is 32.1. The van der Waals surface area contributed by atoms with E-state index in [0.29, 0.717) is 11.4 Å². The van der Waals surface area contributed by atoms with Crippen molar-refractivity contribution in [3.05, 3.63) is 29.4 Å². The number of aromatic nitrogens is 1. The maximum absolute atomic E-state index is 11.9. The number of carboxylic acid groups (broad SMARTS) is 1. The van der Waals surface area contributed by atoms with Gasteiger partial charge in [-0.15, -0.1) is 11.3 Å². The first-order valence-electron chi connectivity index (χ1n) is 10.3. The van der Waals surface area contributed by atoms with E-state index in [0.717, 1.165) is 41.1 Å². The van der Waals surface area contributed by atoms with E-state index in [4.69, 9.17) is 15.6 Å². The highest BCUT2D eigenvalue weighted by Gasteiger charge is 2.26. The van der Waals surface area contributed by atoms with Crippen molar-refractivity contribution in [3.63, 3.8) is 0 Å². The van der Waals surface area contributed by atoms with Gasteiger partial charge in [0.25, 0.3) is 0 Å². The van der Waals surface area contributed by atoms with Crippen molar-refractivity contribution < 1.29 is 24.2 Å². The van der Waals surface area contributed by atoms with E-state index < -0.39 is 18.2 Å². The van der Waals surface area contributed by atoms with Gasteiger partial charge in [-0.2, -0.15) is 0 Å². The van der Waals surface area contributed by atoms with Crippen LogP contribution in [0.5, 0.6) is 0 Å². The topological polar surface area (TPSA) is 156 Å². The number of hydrogen-bond donors (Lipinski definition) is 5. The number of nitrogens with zero attached hydrogens (tertiary/aromatic N) is 1. The Morgan fingerprint density at radius 1 is 1.19 bits per heavy atom. The van der Waals surface area contributed by atoms with Crippen molar-refractivity contribution in [1.82, 2.24) is 10.3 Å². The molecule has 4 amide bonds. The summed E-state index contributed by atoms with van der Waals surface area (Å²) in [4.78, 5) is 39.7. The first-order valence-corrected chi connectivity index (χ1v) is 11.2. The number of carbonyl (C=O) groups excluding carboxylic acids is 2. The molecular weight excluding hydrogens is 434 g/mol. The van der Waals surface area contributed by atoms with Gasteiger partial charge in [-0.1, -0.05) is 0 Å². The van der Waals surface area contributed by atoms with Crippen LogP contribution in [0.4, 0.5) is 25.8 Å². The molecule has 1 saturated carbocycles. The molecule has 0 atom stereocenters. The number of carbonyl (C=O) groups is 3. The fraction of sp³-hybridized carbons (Fsp3) is 0.429. The second-order valence-corrected chi connectivity index (χ2v) is 8.95. The van der Waals surface area contributed by atoms with Crippen molar-refractivity contribution in [1.29, 1.82) is 0 Å². The molecule has 1 aromatic carbocycles. The molecule has 1 aromatic heterocycles. The summed E-state index contributed by atoms with van der Waals surface area (Å²) in [5.74, 6) is 0.264. The SMILES string of the molecule is CC(C)OC(=O)Nc1ccc(-c2cnc([C@H]3CC[C@H](NC(=O)O)CC3)s2)c(NC(N)=O)c1. The Kier molecular flexibility index (Phi) is 7.52. The van der Waals surface area contributed by atoms with Gasteiger partial charge < -0.3 is 26.2 Å². The predicted octanol–water partition coefficient (Wildman–Crippen LogP) is 4.55. The second kappa shape index (κ2) is 10.3. The van der Waals surface area contributed by atoms with Gasteiger partial charge in [-0.3, -0.25) is 5.32 Å². The standard InChI is InChI=1S/C21H27N5O5S/c1-11(2)31-21(30)25-14-7-8-15(16(9-14)26-19(22)27)17-10-23-18(32-17)12-3-5-13(6-4-12)24-20(28)29/h7-13,24H,3-6H2,1-2H3,(H,25,30)(H,28,29)(H3,22,26,27)/t12-,13-. The number of urea groups is 1. The van der Waals surface area contributed by atoms with Crippen LogP contribution in [0.3, 0.4) is 0 Å². The molecule has 172 valence electrons. The van der Waals surface area contributed by atoms with Crippen molar-refractivity contribution >= 4 is 40.9 Å². The van der Waals surface area contributed by atoms with Crippen LogP contribution >= 0.6 is 11.3 Å². The van der Waals surface area contributed by atoms with Gasteiger partial charge >= 0.3 is 18.2 Å². The molecule has 1 aliphatic carbocycles. The molecule has 0 unspecified atom stereocenters. The molecule has 11 heteroatoms. The van der Waals surface area contributed by atoms with Crippen molar-refractivity contribution in [3.8, 4) is 10.4 Å². The zero-order chi connectivity index (χ0) is 23.3. The highest BCUT2D eigenvalue weighted by molar-refractivity contribution is 7.15. The number of nitrogens with two attached hydrogens (primary N) is 1. The molecule has 2 aromatic rings. The number of anilines is 2. The van der Waals surface area contributed by atoms with Crippen LogP contribution in [-0.4, -0.2) is 40.5 Å². The third kappa shape index (κ3) is 6.33. The minimum Gasteiger partial charge on any atom is -0.465 e. The molecule has 6 N–H and O–H groups in total. The van der Waals surface area contributed by atoms with Gasteiger partial charge in [0, 0.05) is 29.4 Å². The van der Waals surface area contributed by atoms with Gasteiger partial charge in [-0.25, -0.2) is 19.4 Å². The first-order chi connectivity index (χ1) is 15.2. The highest BCUT2D eigenvalue weighted by Crippen LogP contribution is 2.40. The molecule has 32 heavy (non-hydrogen) atoms. The van der Waals surface area contributed by atoms with Crippen LogP contribution in [0.15, 0.2) is 24.4 Å². The van der Waals surface area contributed by atoms with Gasteiger partial charge in [0.1, 0.15) is 0 Å². The third-order valence-electron chi connectivity index (χ3n) is 5.06. The lowest BCUT2D eigenvalue weighted by atomic mass is 9.86. The number of ether oxygens (including phenoxy) is 1. The lowest BCUT2D eigenvalue weighted by Crippen LogP contribution is -2.36. The third-order valence-corrected chi connectivity index (χ3v) is 6.25. The van der Waals surface area contributed by atoms with E-state index >= 15 is 0 Å². The first kappa shape index (κ1) is 23.3. The quantitative estimate of drug-likeness (QED) is 0.425. The predicted molar refractivity (Wildman–Crippen MR) is 122 cm³/mol. The number of amides is 4. The van der Waals surface area contributed by atoms with Gasteiger partial charge in [0.15, 0.2) is 0 Å². The molecule has 0 aliphatic heterocycles. The average molecular weight is 462 g/mol. The van der Waals surface area contributed by atoms with Gasteiger partial charge in [-0.05, 0) is 57.7 Å². The summed E-state index contributed by atoms with van der Waals surface area (Å²) >= 11 is 1.53. The summed E-state index contributed by atoms with van der Waals surface area (Å²) in [7, 11) is 0. The molecule has 3 rings (SSSR count). The van der Waals surface area contributed by atoms with E-state index in [2.05, 4.69) is 20.9 Å². The van der Waals surface area contributed by atoms with Crippen LogP contribution in [0.25, 0.3) is 10.4 Å². The Bertz CT molecular complexity index is 985. The second-order valence-electron chi connectivity index (χ2n) is 7.89. The van der Waals surface area contributed by atoms with E-state index in [9.17, 15) is 14.4 Å². The molecule has 1 aliphatic rings. The average Bonchev–Trinajstić information content (AvgIpc) is 3.17. The lowest BCUT2D eigenvalue weighted by Gasteiger charge is -2.27. The normalized spacial score (nSPS) is 18.1. The zero-order valence-electron chi connectivity index (χ0n) is 17.9. The number of thiazole rings is 1. The van der Waals surface area contributed by atoms with Gasteiger partial charge in [0.05, 0.1) is 21.7 Å². The zero-order valence-corrected chi connectivity index (χ0v) is 18.7. The van der Waals surface area contributed by atoms with Gasteiger partial charge in [0.2, 0.25) is 0 Å². The Morgan fingerprint density at radius 3 is 2.53 bits per heavy atom. The Morgan fingerprint density at radius 2 is 1.91 bits per heavy atom. The maximum atomic E-state index is 11.9. The smallest absolute Gasteiger partial charge is 0.411 e. The molecule has 0 bridgehead atoms. The number of benzene rings is 1. The number of primary amides is 1. The minimum atomic E-state index is -0.991. The largest absolute Gasteiger partial charge is 0.465 e. The van der Waals surface area contributed by atoms with E-state index in [1.54, 1.807) is 38.2 Å². The molecule has 0 radical (unpaired) electrons. The van der Waals surface area contributed by atoms with E-state index in [-0.39, 0.29) is 18.1 Å². The summed E-state index contributed by atoms with van der Waals surface area (Å²) in [6.45, 7) is 3.50. The van der Waals surface area contributed by atoms with Crippen LogP contribution in [0.2, 0.25) is 0 Å². The van der Waals surface area contributed by atoms with E-state index in [1.165, 1.54) is 11.3 Å². The fourth-order valence-corrected chi connectivity index (χ4v) is 4.82. The molecule has 0 saturated heterocycles. The maximum Gasteiger partial charge on any atom is 0.411 e. The summed E-state index contributed by atoms with van der Waals surface area (Å²) < 4.78 is 5.08. The van der Waals surface area contributed by atoms with Crippen LogP contribution in [0.1, 0.15) is 50.5 Å². The molecule has 10 nitrogen and oxygen atoms in total. The fourth-order valence-electron chi connectivity index (χ4n) is 3.69. The van der Waals surface area contributed by atoms with Crippen LogP contribution < -0.4 is 21.7 Å². The lowest BCUT2D eigenvalue weighted by molar-refractivity contribution is 0.130. The Hall–Kier alpha value is -3.34. The Balaban J connectivity index is 1.76. The molecular formula is C21H27N5O5S. The van der Waals surface area contributed by atoms with Crippen molar-refractivity contribution in [2.24, 2.45) is 5.73 Å². The van der Waals surface area contributed by atoms with Crippen LogP contribution in [0, 0.1) is 0 Å². The van der Waals surface area contributed by atoms with Crippen molar-refractivity contribution in [2.45, 2.75) is 57.6 Å². The summed E-state index contributed by atoms with van der Waals surface area (Å²) in [6, 6.07) is 4.37. The molecule has 0 spiro atoms. The van der Waals surface area contributed by atoms with Crippen LogP contribution in [-0.2, 0) is 4.74 Å². The minimum absolute atomic E-state index is 0.0167. The summed E-state index contributed by atoms with van der Waals surface area (Å²) in [6.07, 6.45) is 3.16. The Labute approximate surface area is 189 Å². The number of hydrogen-bond acceptors (Lipinski definition) is 6. The summed E-state index contributed by atoms with van der Waals surface area (Å²) in [5, 5.41) is 17.6. The number of rotatable bonds is 6. The number of nitrogens with one attached hydrogen (secondary N) is 3. The summed E-state index contributed by atoms with van der Waals surface area (Å²) in [5.41, 5.74) is 6.97. The van der Waals surface area contributed by atoms with Crippen molar-refractivity contribution in [2.75, 3.05) is 10.6 Å².